The number of imidazole rings is 1. The zero-order valence-electron chi connectivity index (χ0n) is 16.3. The smallest absolute Gasteiger partial charge is 0.307 e. The number of aryl methyl sites for hydroxylation is 2. The molecular weight excluding hydrogens is 400 g/mol. The number of benzene rings is 1. The molecule has 1 aromatic heterocycles. The molecule has 2 heterocycles. The average molecular weight is 424 g/mol. The number of sulfonamides is 1. The van der Waals surface area contributed by atoms with Gasteiger partial charge in [-0.1, -0.05) is 0 Å². The number of rotatable bonds is 7. The zero-order valence-corrected chi connectivity index (χ0v) is 17.1. The van der Waals surface area contributed by atoms with Gasteiger partial charge in [0.15, 0.2) is 6.10 Å². The molecule has 1 unspecified atom stereocenters. The third-order valence-electron chi connectivity index (χ3n) is 4.81. The Morgan fingerprint density at radius 3 is 2.66 bits per heavy atom. The molecule has 1 saturated heterocycles. The quantitative estimate of drug-likeness (QED) is 0.616. The molecule has 1 aromatic carbocycles. The fraction of sp³-hybridized carbons (Fsp3) is 0.500. The molecule has 0 spiro atoms. The van der Waals surface area contributed by atoms with Gasteiger partial charge in [0.05, 0.1) is 35.6 Å². The molecule has 3 rings (SSSR count). The number of nitrogens with two attached hydrogens (primary N) is 1. The van der Waals surface area contributed by atoms with E-state index in [2.05, 4.69) is 4.98 Å². The summed E-state index contributed by atoms with van der Waals surface area (Å²) in [6.45, 7) is 2.80. The molecule has 0 radical (unpaired) electrons. The Hall–Kier alpha value is -2.50. The molecule has 158 valence electrons. The summed E-state index contributed by atoms with van der Waals surface area (Å²) in [4.78, 5) is 27.5. The molecule has 1 atom stereocenters. The second-order valence-electron chi connectivity index (χ2n) is 6.79. The monoisotopic (exact) mass is 424 g/mol. The number of hydrogen-bond acceptors (Lipinski definition) is 7. The van der Waals surface area contributed by atoms with E-state index in [4.69, 9.17) is 15.2 Å². The highest BCUT2D eigenvalue weighted by atomic mass is 32.2. The van der Waals surface area contributed by atoms with Gasteiger partial charge in [0, 0.05) is 26.6 Å². The summed E-state index contributed by atoms with van der Waals surface area (Å²) in [7, 11) is -1.83. The van der Waals surface area contributed by atoms with Crippen molar-refractivity contribution in [1.82, 2.24) is 13.9 Å². The van der Waals surface area contributed by atoms with Crippen molar-refractivity contribution in [2.75, 3.05) is 26.3 Å². The predicted octanol–water partition coefficient (Wildman–Crippen LogP) is -0.0562. The van der Waals surface area contributed by atoms with E-state index in [1.54, 1.807) is 23.7 Å². The van der Waals surface area contributed by atoms with Crippen LogP contribution in [-0.2, 0) is 42.6 Å². The number of morpholine rings is 1. The first-order valence-electron chi connectivity index (χ1n) is 9.22. The van der Waals surface area contributed by atoms with E-state index in [1.165, 1.54) is 17.3 Å². The number of carbonyl (C=O) groups is 2. The molecular formula is C18H24N4O6S. The van der Waals surface area contributed by atoms with Crippen molar-refractivity contribution in [3.05, 3.63) is 24.0 Å². The largest absolute Gasteiger partial charge is 0.453 e. The minimum Gasteiger partial charge on any atom is -0.453 e. The lowest BCUT2D eigenvalue weighted by Crippen LogP contribution is -2.40. The Morgan fingerprint density at radius 1 is 1.31 bits per heavy atom. The van der Waals surface area contributed by atoms with Crippen LogP contribution in [0.4, 0.5) is 0 Å². The van der Waals surface area contributed by atoms with Crippen LogP contribution in [0.3, 0.4) is 0 Å². The molecule has 1 aliphatic rings. The predicted molar refractivity (Wildman–Crippen MR) is 103 cm³/mol. The summed E-state index contributed by atoms with van der Waals surface area (Å²) in [6, 6.07) is 4.80. The van der Waals surface area contributed by atoms with E-state index in [-0.39, 0.29) is 17.7 Å². The lowest BCUT2D eigenvalue weighted by Gasteiger charge is -2.26. The van der Waals surface area contributed by atoms with Crippen LogP contribution in [0.5, 0.6) is 0 Å². The summed E-state index contributed by atoms with van der Waals surface area (Å²) in [5.41, 5.74) is 6.35. The minimum absolute atomic E-state index is 0.0215. The Labute approximate surface area is 168 Å². The van der Waals surface area contributed by atoms with Gasteiger partial charge in [0.2, 0.25) is 10.0 Å². The van der Waals surface area contributed by atoms with Crippen molar-refractivity contribution in [3.63, 3.8) is 0 Å². The molecule has 11 heteroatoms. The number of nitrogens with zero attached hydrogens (tertiary/aromatic N) is 3. The van der Waals surface area contributed by atoms with E-state index in [9.17, 15) is 18.0 Å². The van der Waals surface area contributed by atoms with Gasteiger partial charge in [-0.3, -0.25) is 9.59 Å². The molecule has 0 bridgehead atoms. The molecule has 0 aliphatic carbocycles. The highest BCUT2D eigenvalue weighted by Gasteiger charge is 2.27. The number of amides is 1. The Morgan fingerprint density at radius 2 is 2.00 bits per heavy atom. The Bertz CT molecular complexity index is 1030. The van der Waals surface area contributed by atoms with Gasteiger partial charge in [-0.25, -0.2) is 13.4 Å². The number of aromatic nitrogens is 2. The second-order valence-corrected chi connectivity index (χ2v) is 8.73. The summed E-state index contributed by atoms with van der Waals surface area (Å²) < 4.78 is 39.0. The van der Waals surface area contributed by atoms with E-state index >= 15 is 0 Å². The van der Waals surface area contributed by atoms with E-state index in [0.29, 0.717) is 37.6 Å². The van der Waals surface area contributed by atoms with Crippen LogP contribution in [0.15, 0.2) is 23.1 Å². The van der Waals surface area contributed by atoms with Gasteiger partial charge in [-0.2, -0.15) is 4.31 Å². The first-order chi connectivity index (χ1) is 13.7. The molecule has 10 nitrogen and oxygen atoms in total. The number of hydrogen-bond donors (Lipinski definition) is 1. The second kappa shape index (κ2) is 8.47. The van der Waals surface area contributed by atoms with Crippen molar-refractivity contribution >= 4 is 32.9 Å². The fourth-order valence-corrected chi connectivity index (χ4v) is 4.51. The van der Waals surface area contributed by atoms with Crippen molar-refractivity contribution in [1.29, 1.82) is 0 Å². The molecule has 2 N–H and O–H groups in total. The van der Waals surface area contributed by atoms with Crippen LogP contribution >= 0.6 is 0 Å². The van der Waals surface area contributed by atoms with E-state index < -0.39 is 28.0 Å². The number of fused-ring (bicyclic) bond motifs is 1. The summed E-state index contributed by atoms with van der Waals surface area (Å²) >= 11 is 0. The topological polar surface area (TPSA) is 134 Å². The standard InChI is InChI=1S/C18H24N4O6S/c1-12(18(19)24)28-17(23)6-5-16-20-14-11-13(3-4-15(14)21(16)2)29(25,26)22-7-9-27-10-8-22/h3-4,11-12H,5-10H2,1-2H3,(H2,19,24). The van der Waals surface area contributed by atoms with Crippen molar-refractivity contribution in [3.8, 4) is 0 Å². The van der Waals surface area contributed by atoms with Gasteiger partial charge in [-0.05, 0) is 25.1 Å². The molecule has 0 saturated carbocycles. The molecule has 29 heavy (non-hydrogen) atoms. The van der Waals surface area contributed by atoms with Crippen LogP contribution in [0, 0.1) is 0 Å². The first-order valence-corrected chi connectivity index (χ1v) is 10.7. The molecule has 1 aliphatic heterocycles. The highest BCUT2D eigenvalue weighted by Crippen LogP contribution is 2.23. The number of primary amides is 1. The summed E-state index contributed by atoms with van der Waals surface area (Å²) in [5.74, 6) is -0.668. The maximum Gasteiger partial charge on any atom is 0.307 e. The fourth-order valence-electron chi connectivity index (χ4n) is 3.08. The van der Waals surface area contributed by atoms with Crippen molar-refractivity contribution in [2.45, 2.75) is 30.8 Å². The minimum atomic E-state index is -3.62. The van der Waals surface area contributed by atoms with Crippen molar-refractivity contribution < 1.29 is 27.5 Å². The lowest BCUT2D eigenvalue weighted by molar-refractivity contribution is -0.153. The van der Waals surface area contributed by atoms with E-state index in [0.717, 1.165) is 5.52 Å². The first kappa shape index (κ1) is 21.2. The van der Waals surface area contributed by atoms with E-state index in [1.807, 2.05) is 0 Å². The molecule has 1 fully saturated rings. The Balaban J connectivity index is 1.77. The number of carbonyl (C=O) groups excluding carboxylic acids is 2. The van der Waals surface area contributed by atoms with Crippen LogP contribution in [0.2, 0.25) is 0 Å². The normalized spacial score (nSPS) is 16.6. The van der Waals surface area contributed by atoms with Crippen LogP contribution in [-0.4, -0.2) is 66.6 Å². The summed E-state index contributed by atoms with van der Waals surface area (Å²) in [6.07, 6.45) is -0.690. The lowest BCUT2D eigenvalue weighted by atomic mass is 10.3. The number of esters is 1. The van der Waals surface area contributed by atoms with Gasteiger partial charge in [-0.15, -0.1) is 0 Å². The SMILES string of the molecule is CC(OC(=O)CCc1nc2cc(S(=O)(=O)N3CCOCC3)ccc2n1C)C(N)=O. The highest BCUT2D eigenvalue weighted by molar-refractivity contribution is 7.89. The summed E-state index contributed by atoms with van der Waals surface area (Å²) in [5, 5.41) is 0. The average Bonchev–Trinajstić information content (AvgIpc) is 3.02. The maximum atomic E-state index is 12.8. The van der Waals surface area contributed by atoms with Crippen LogP contribution in [0.1, 0.15) is 19.2 Å². The van der Waals surface area contributed by atoms with Gasteiger partial charge < -0.3 is 19.8 Å². The van der Waals surface area contributed by atoms with Gasteiger partial charge >= 0.3 is 5.97 Å². The van der Waals surface area contributed by atoms with Crippen molar-refractivity contribution in [2.24, 2.45) is 12.8 Å². The zero-order chi connectivity index (χ0) is 21.2. The van der Waals surface area contributed by atoms with Crippen LogP contribution in [0.25, 0.3) is 11.0 Å². The van der Waals surface area contributed by atoms with Gasteiger partial charge in [0.1, 0.15) is 5.82 Å². The number of ether oxygens (including phenoxy) is 2. The molecule has 2 aromatic rings. The van der Waals surface area contributed by atoms with Crippen LogP contribution < -0.4 is 5.73 Å². The van der Waals surface area contributed by atoms with Gasteiger partial charge in [0.25, 0.3) is 5.91 Å². The third-order valence-corrected chi connectivity index (χ3v) is 6.71. The third kappa shape index (κ3) is 4.57. The Kier molecular flexibility index (Phi) is 6.20. The maximum absolute atomic E-state index is 12.8. The molecule has 1 amide bonds.